The highest BCUT2D eigenvalue weighted by atomic mass is 19.4. The second-order valence-electron chi connectivity index (χ2n) is 11.6. The van der Waals surface area contributed by atoms with Crippen LogP contribution in [0, 0.1) is 5.92 Å². The molecule has 1 aromatic heterocycles. The molecule has 3 N–H and O–H groups in total. The molecule has 1 aromatic carbocycles. The number of allylic oxidation sites excluding steroid dienone is 1. The summed E-state index contributed by atoms with van der Waals surface area (Å²) in [6, 6.07) is 5.76. The highest BCUT2D eigenvalue weighted by Gasteiger charge is 2.41. The average molecular weight is 542 g/mol. The van der Waals surface area contributed by atoms with Gasteiger partial charge in [0.2, 0.25) is 5.91 Å². The molecule has 1 saturated heterocycles. The third-order valence-corrected chi connectivity index (χ3v) is 8.97. The van der Waals surface area contributed by atoms with Gasteiger partial charge in [-0.3, -0.25) is 14.7 Å². The number of nitrogens with one attached hydrogen (secondary N) is 3. The number of carbonyl (C=O) groups is 2. The summed E-state index contributed by atoms with van der Waals surface area (Å²) in [6.07, 6.45) is 3.64. The van der Waals surface area contributed by atoms with Crippen LogP contribution >= 0.6 is 0 Å². The first-order chi connectivity index (χ1) is 18.7. The van der Waals surface area contributed by atoms with Crippen molar-refractivity contribution in [2.45, 2.75) is 95.1 Å². The SMILES string of the molecule is C=C1CCC(N2Cc3cc(C[C@H]4CCCC[C@@H]4NC4CCc5[nH]nc(C(F)(F)F)c5C4)ccc3C2=O)C(=O)N1. The molecule has 4 atom stereocenters. The lowest BCUT2D eigenvalue weighted by atomic mass is 9.79. The van der Waals surface area contributed by atoms with Crippen molar-refractivity contribution in [3.8, 4) is 0 Å². The van der Waals surface area contributed by atoms with E-state index in [0.29, 0.717) is 60.7 Å². The number of hydrogen-bond acceptors (Lipinski definition) is 4. The zero-order valence-corrected chi connectivity index (χ0v) is 21.9. The molecule has 208 valence electrons. The van der Waals surface area contributed by atoms with E-state index in [4.69, 9.17) is 0 Å². The highest BCUT2D eigenvalue weighted by Crippen LogP contribution is 2.36. The molecule has 0 radical (unpaired) electrons. The third-order valence-electron chi connectivity index (χ3n) is 8.97. The molecule has 0 bridgehead atoms. The molecule has 2 aromatic rings. The van der Waals surface area contributed by atoms with Gasteiger partial charge in [-0.1, -0.05) is 31.6 Å². The van der Waals surface area contributed by atoms with Crippen LogP contribution in [0.25, 0.3) is 0 Å². The van der Waals surface area contributed by atoms with Gasteiger partial charge in [0.05, 0.1) is 0 Å². The first kappa shape index (κ1) is 26.1. The highest BCUT2D eigenvalue weighted by molar-refractivity contribution is 6.01. The summed E-state index contributed by atoms with van der Waals surface area (Å²) in [5.41, 5.74) is 3.60. The molecule has 2 amide bonds. The molecule has 0 spiro atoms. The Morgan fingerprint density at radius 3 is 2.72 bits per heavy atom. The average Bonchev–Trinajstić information content (AvgIpc) is 3.46. The molecular formula is C29H34F3N5O2. The molecule has 2 unspecified atom stereocenters. The predicted molar refractivity (Wildman–Crippen MR) is 139 cm³/mol. The smallest absolute Gasteiger partial charge is 0.329 e. The van der Waals surface area contributed by atoms with Crippen molar-refractivity contribution < 1.29 is 22.8 Å². The van der Waals surface area contributed by atoms with E-state index >= 15 is 0 Å². The lowest BCUT2D eigenvalue weighted by Crippen LogP contribution is -2.49. The Kier molecular flexibility index (Phi) is 6.77. The number of amides is 2. The molecule has 2 aliphatic heterocycles. The Morgan fingerprint density at radius 1 is 1.10 bits per heavy atom. The van der Waals surface area contributed by atoms with E-state index in [0.717, 1.165) is 49.7 Å². The topological polar surface area (TPSA) is 90.1 Å². The number of benzene rings is 1. The van der Waals surface area contributed by atoms with E-state index in [1.165, 1.54) is 0 Å². The van der Waals surface area contributed by atoms with Gasteiger partial charge < -0.3 is 15.5 Å². The Labute approximate surface area is 225 Å². The van der Waals surface area contributed by atoms with Gasteiger partial charge in [-0.15, -0.1) is 0 Å². The van der Waals surface area contributed by atoms with Crippen LogP contribution in [-0.2, 0) is 36.8 Å². The van der Waals surface area contributed by atoms with Crippen LogP contribution < -0.4 is 10.6 Å². The lowest BCUT2D eigenvalue weighted by Gasteiger charge is -2.36. The van der Waals surface area contributed by atoms with Gasteiger partial charge in [0.15, 0.2) is 5.69 Å². The summed E-state index contributed by atoms with van der Waals surface area (Å²) < 4.78 is 40.3. The summed E-state index contributed by atoms with van der Waals surface area (Å²) in [5.74, 6) is 0.0971. The Morgan fingerprint density at radius 2 is 1.92 bits per heavy atom. The zero-order valence-electron chi connectivity index (χ0n) is 21.9. The molecule has 4 aliphatic rings. The number of nitrogens with zero attached hydrogens (tertiary/aromatic N) is 2. The number of alkyl halides is 3. The van der Waals surface area contributed by atoms with Crippen molar-refractivity contribution in [3.63, 3.8) is 0 Å². The van der Waals surface area contributed by atoms with Crippen LogP contribution in [0.4, 0.5) is 13.2 Å². The van der Waals surface area contributed by atoms with E-state index < -0.39 is 17.9 Å². The fourth-order valence-electron chi connectivity index (χ4n) is 6.98. The van der Waals surface area contributed by atoms with Gasteiger partial charge in [0, 0.05) is 41.1 Å². The van der Waals surface area contributed by atoms with Gasteiger partial charge in [-0.25, -0.2) is 0 Å². The maximum Gasteiger partial charge on any atom is 0.435 e. The number of aromatic amines is 1. The van der Waals surface area contributed by atoms with Gasteiger partial charge in [0.25, 0.3) is 5.91 Å². The second-order valence-corrected chi connectivity index (χ2v) is 11.6. The maximum absolute atomic E-state index is 13.4. The number of hydrogen-bond donors (Lipinski definition) is 3. The maximum atomic E-state index is 13.4. The number of carbonyl (C=O) groups excluding carboxylic acids is 2. The van der Waals surface area contributed by atoms with Crippen molar-refractivity contribution in [3.05, 3.63) is 64.1 Å². The summed E-state index contributed by atoms with van der Waals surface area (Å²) in [4.78, 5) is 27.3. The van der Waals surface area contributed by atoms with E-state index in [9.17, 15) is 22.8 Å². The van der Waals surface area contributed by atoms with Crippen molar-refractivity contribution in [2.75, 3.05) is 0 Å². The third kappa shape index (κ3) is 5.11. The fourth-order valence-corrected chi connectivity index (χ4v) is 6.98. The summed E-state index contributed by atoms with van der Waals surface area (Å²) in [5, 5.41) is 12.7. The number of aryl methyl sites for hydroxylation is 1. The van der Waals surface area contributed by atoms with Crippen molar-refractivity contribution in [1.82, 2.24) is 25.7 Å². The van der Waals surface area contributed by atoms with E-state index in [1.807, 2.05) is 12.1 Å². The van der Waals surface area contributed by atoms with Crippen LogP contribution in [0.2, 0.25) is 0 Å². The van der Waals surface area contributed by atoms with Crippen molar-refractivity contribution in [2.24, 2.45) is 5.92 Å². The largest absolute Gasteiger partial charge is 0.435 e. The van der Waals surface area contributed by atoms with Crippen LogP contribution in [-0.4, -0.2) is 45.0 Å². The Hall–Kier alpha value is -3.14. The molecule has 3 heterocycles. The molecule has 6 rings (SSSR count). The van der Waals surface area contributed by atoms with Crippen molar-refractivity contribution in [1.29, 1.82) is 0 Å². The Balaban J connectivity index is 1.13. The normalized spacial score (nSPS) is 27.4. The predicted octanol–water partition coefficient (Wildman–Crippen LogP) is 4.43. The lowest BCUT2D eigenvalue weighted by molar-refractivity contribution is -0.141. The van der Waals surface area contributed by atoms with Crippen LogP contribution in [0.3, 0.4) is 0 Å². The summed E-state index contributed by atoms with van der Waals surface area (Å²) in [6.45, 7) is 4.25. The monoisotopic (exact) mass is 541 g/mol. The minimum atomic E-state index is -4.45. The first-order valence-corrected chi connectivity index (χ1v) is 14.0. The number of fused-ring (bicyclic) bond motifs is 2. The van der Waals surface area contributed by atoms with E-state index in [1.54, 1.807) is 4.90 Å². The van der Waals surface area contributed by atoms with Gasteiger partial charge in [-0.2, -0.15) is 18.3 Å². The molecule has 39 heavy (non-hydrogen) atoms. The van der Waals surface area contributed by atoms with E-state index in [-0.39, 0.29) is 23.9 Å². The van der Waals surface area contributed by atoms with Gasteiger partial charge in [-0.05, 0) is 74.5 Å². The molecule has 2 fully saturated rings. The Bertz CT molecular complexity index is 1300. The molecule has 7 nitrogen and oxygen atoms in total. The van der Waals surface area contributed by atoms with Gasteiger partial charge >= 0.3 is 6.18 Å². The summed E-state index contributed by atoms with van der Waals surface area (Å²) >= 11 is 0. The van der Waals surface area contributed by atoms with Crippen molar-refractivity contribution >= 4 is 11.8 Å². The number of aromatic nitrogens is 2. The molecule has 10 heteroatoms. The number of H-pyrrole nitrogens is 1. The van der Waals surface area contributed by atoms with Crippen LogP contribution in [0.1, 0.15) is 83.4 Å². The van der Waals surface area contributed by atoms with Gasteiger partial charge in [0.1, 0.15) is 6.04 Å². The minimum Gasteiger partial charge on any atom is -0.329 e. The molecule has 1 saturated carbocycles. The zero-order chi connectivity index (χ0) is 27.3. The quantitative estimate of drug-likeness (QED) is 0.523. The first-order valence-electron chi connectivity index (χ1n) is 14.0. The standard InChI is InChI=1S/C29H34F3N5O2/c1-16-6-11-25(27(38)33-16)37-15-19-13-17(7-9-21(19)28(37)39)12-18-4-2-3-5-23(18)34-20-8-10-24-22(14-20)26(36-35-24)29(30,31)32/h7,9,13,18,20,23,25,34H,1-6,8,10-12,14-15H2,(H,33,38)(H,35,36)/t18-,20?,23+,25?/m1/s1. The van der Waals surface area contributed by atoms with Crippen LogP contribution in [0.5, 0.6) is 0 Å². The van der Waals surface area contributed by atoms with Crippen LogP contribution in [0.15, 0.2) is 30.5 Å². The molecule has 2 aliphatic carbocycles. The number of halogens is 3. The second kappa shape index (κ2) is 10.1. The van der Waals surface area contributed by atoms with E-state index in [2.05, 4.69) is 33.5 Å². The molecular weight excluding hydrogens is 507 g/mol. The minimum absolute atomic E-state index is 0.00859. The number of rotatable bonds is 5. The number of piperidine rings is 1. The fraction of sp³-hybridized carbons (Fsp3) is 0.552. The summed E-state index contributed by atoms with van der Waals surface area (Å²) in [7, 11) is 0.